The Labute approximate surface area is 144 Å². The maximum absolute atomic E-state index is 12.0. The molecule has 1 rings (SSSR count). The third-order valence-electron chi connectivity index (χ3n) is 3.48. The number of carbonyl (C=O) groups excluding carboxylic acids is 1. The molecule has 1 amide bonds. The lowest BCUT2D eigenvalue weighted by Gasteiger charge is -2.19. The molecule has 0 aromatic carbocycles. The molecular formula is C16H30N6O2. The molecule has 0 atom stereocenters. The van der Waals surface area contributed by atoms with Gasteiger partial charge in [0.15, 0.2) is 11.8 Å². The van der Waals surface area contributed by atoms with E-state index in [4.69, 9.17) is 4.52 Å². The standard InChI is InChI=1S/C16H30N6O2/c1-5-17-16(19-12-10-15(23)22(6-2)7-3)18-11-8-9-14-20-13(4)21-24-14/h5-12H2,1-4H3,(H2,17,18,19). The first kappa shape index (κ1) is 19.9. The first-order valence-corrected chi connectivity index (χ1v) is 8.69. The van der Waals surface area contributed by atoms with Gasteiger partial charge in [-0.25, -0.2) is 0 Å². The minimum atomic E-state index is 0.162. The second-order valence-corrected chi connectivity index (χ2v) is 5.34. The molecule has 136 valence electrons. The smallest absolute Gasteiger partial charge is 0.226 e. The Bertz CT molecular complexity index is 510. The summed E-state index contributed by atoms with van der Waals surface area (Å²) in [5, 5.41) is 10.1. The van der Waals surface area contributed by atoms with E-state index in [0.29, 0.717) is 37.6 Å². The summed E-state index contributed by atoms with van der Waals surface area (Å²) in [6.07, 6.45) is 2.01. The van der Waals surface area contributed by atoms with Gasteiger partial charge in [0, 0.05) is 45.6 Å². The fourth-order valence-electron chi connectivity index (χ4n) is 2.23. The molecule has 1 aromatic rings. The van der Waals surface area contributed by atoms with E-state index >= 15 is 0 Å². The Morgan fingerprint density at radius 3 is 2.58 bits per heavy atom. The summed E-state index contributed by atoms with van der Waals surface area (Å²) in [5.41, 5.74) is 0. The van der Waals surface area contributed by atoms with Crippen LogP contribution in [0.2, 0.25) is 0 Å². The Balaban J connectivity index is 2.32. The first-order valence-electron chi connectivity index (χ1n) is 8.69. The molecule has 0 saturated carbocycles. The molecule has 24 heavy (non-hydrogen) atoms. The van der Waals surface area contributed by atoms with Crippen LogP contribution in [-0.2, 0) is 11.2 Å². The van der Waals surface area contributed by atoms with Gasteiger partial charge in [0.05, 0.1) is 0 Å². The molecule has 0 aliphatic rings. The summed E-state index contributed by atoms with van der Waals surface area (Å²) in [5.74, 6) is 2.19. The molecule has 0 unspecified atom stereocenters. The first-order chi connectivity index (χ1) is 11.6. The summed E-state index contributed by atoms with van der Waals surface area (Å²) in [6, 6.07) is 0. The van der Waals surface area contributed by atoms with E-state index in [0.717, 1.165) is 32.0 Å². The predicted molar refractivity (Wildman–Crippen MR) is 93.9 cm³/mol. The molecule has 0 aliphatic carbocycles. The highest BCUT2D eigenvalue weighted by molar-refractivity contribution is 5.81. The van der Waals surface area contributed by atoms with E-state index in [1.807, 2.05) is 25.7 Å². The SMILES string of the molecule is CCNC(=NCCCc1nc(C)no1)NCCC(=O)N(CC)CC. The van der Waals surface area contributed by atoms with Gasteiger partial charge in [0.1, 0.15) is 0 Å². The Morgan fingerprint density at radius 1 is 1.25 bits per heavy atom. The van der Waals surface area contributed by atoms with E-state index in [-0.39, 0.29) is 5.91 Å². The van der Waals surface area contributed by atoms with Gasteiger partial charge in [0.2, 0.25) is 11.8 Å². The van der Waals surface area contributed by atoms with E-state index < -0.39 is 0 Å². The van der Waals surface area contributed by atoms with Crippen LogP contribution in [0, 0.1) is 6.92 Å². The number of nitrogens with one attached hydrogen (secondary N) is 2. The lowest BCUT2D eigenvalue weighted by atomic mass is 10.3. The van der Waals surface area contributed by atoms with Crippen molar-refractivity contribution >= 4 is 11.9 Å². The van der Waals surface area contributed by atoms with E-state index in [9.17, 15) is 4.79 Å². The third kappa shape index (κ3) is 7.43. The minimum Gasteiger partial charge on any atom is -0.357 e. The molecule has 0 radical (unpaired) electrons. The third-order valence-corrected chi connectivity index (χ3v) is 3.48. The molecule has 8 heteroatoms. The summed E-state index contributed by atoms with van der Waals surface area (Å²) in [4.78, 5) is 22.5. The number of carbonyl (C=O) groups is 1. The van der Waals surface area contributed by atoms with Gasteiger partial charge in [-0.1, -0.05) is 5.16 Å². The number of rotatable bonds is 10. The number of nitrogens with zero attached hydrogens (tertiary/aromatic N) is 4. The van der Waals surface area contributed by atoms with Gasteiger partial charge < -0.3 is 20.1 Å². The van der Waals surface area contributed by atoms with Crippen molar-refractivity contribution in [2.24, 2.45) is 4.99 Å². The second-order valence-electron chi connectivity index (χ2n) is 5.34. The van der Waals surface area contributed by atoms with Crippen molar-refractivity contribution < 1.29 is 9.32 Å². The summed E-state index contributed by atoms with van der Waals surface area (Å²) >= 11 is 0. The molecule has 0 saturated heterocycles. The van der Waals surface area contributed by atoms with Crippen LogP contribution in [0.4, 0.5) is 0 Å². The fraction of sp³-hybridized carbons (Fsp3) is 0.750. The topological polar surface area (TPSA) is 95.6 Å². The molecule has 1 aromatic heterocycles. The molecular weight excluding hydrogens is 308 g/mol. The molecule has 1 heterocycles. The minimum absolute atomic E-state index is 0.162. The maximum Gasteiger partial charge on any atom is 0.226 e. The van der Waals surface area contributed by atoms with Crippen molar-refractivity contribution in [3.8, 4) is 0 Å². The monoisotopic (exact) mass is 338 g/mol. The Morgan fingerprint density at radius 2 is 2.00 bits per heavy atom. The van der Waals surface area contributed by atoms with Crippen LogP contribution < -0.4 is 10.6 Å². The van der Waals surface area contributed by atoms with Gasteiger partial charge in [-0.2, -0.15) is 4.98 Å². The van der Waals surface area contributed by atoms with Crippen molar-refractivity contribution in [1.82, 2.24) is 25.7 Å². The Hall–Kier alpha value is -2.12. The van der Waals surface area contributed by atoms with Crippen molar-refractivity contribution in [3.05, 3.63) is 11.7 Å². The van der Waals surface area contributed by atoms with Crippen LogP contribution in [0.5, 0.6) is 0 Å². The highest BCUT2D eigenvalue weighted by Gasteiger charge is 2.09. The van der Waals surface area contributed by atoms with Crippen molar-refractivity contribution in [2.75, 3.05) is 32.7 Å². The van der Waals surface area contributed by atoms with Crippen LogP contribution in [0.1, 0.15) is 45.3 Å². The normalized spacial score (nSPS) is 11.4. The fourth-order valence-corrected chi connectivity index (χ4v) is 2.23. The number of aliphatic imine (C=N–C) groups is 1. The quantitative estimate of drug-likeness (QED) is 0.377. The van der Waals surface area contributed by atoms with Crippen molar-refractivity contribution in [2.45, 2.75) is 47.0 Å². The zero-order chi connectivity index (χ0) is 17.8. The van der Waals surface area contributed by atoms with Crippen LogP contribution in [0.3, 0.4) is 0 Å². The number of hydrogen-bond donors (Lipinski definition) is 2. The zero-order valence-corrected chi connectivity index (χ0v) is 15.3. The zero-order valence-electron chi connectivity index (χ0n) is 15.3. The van der Waals surface area contributed by atoms with Gasteiger partial charge >= 0.3 is 0 Å². The predicted octanol–water partition coefficient (Wildman–Crippen LogP) is 1.12. The van der Waals surface area contributed by atoms with Crippen LogP contribution >= 0.6 is 0 Å². The van der Waals surface area contributed by atoms with Gasteiger partial charge in [-0.05, 0) is 34.1 Å². The summed E-state index contributed by atoms with van der Waals surface area (Å²) in [6.45, 7) is 11.3. The number of guanidine groups is 1. The Kier molecular flexibility index (Phi) is 9.48. The summed E-state index contributed by atoms with van der Waals surface area (Å²) < 4.78 is 5.07. The van der Waals surface area contributed by atoms with Crippen LogP contribution in [-0.4, -0.2) is 59.6 Å². The number of hydrogen-bond acceptors (Lipinski definition) is 5. The van der Waals surface area contributed by atoms with E-state index in [1.165, 1.54) is 0 Å². The number of amides is 1. The molecule has 0 aliphatic heterocycles. The van der Waals surface area contributed by atoms with E-state index in [2.05, 4.69) is 25.8 Å². The van der Waals surface area contributed by atoms with Gasteiger partial charge in [-0.3, -0.25) is 9.79 Å². The van der Waals surface area contributed by atoms with Crippen LogP contribution in [0.25, 0.3) is 0 Å². The van der Waals surface area contributed by atoms with Crippen molar-refractivity contribution in [3.63, 3.8) is 0 Å². The molecule has 2 N–H and O–H groups in total. The second kappa shape index (κ2) is 11.4. The largest absolute Gasteiger partial charge is 0.357 e. The average molecular weight is 338 g/mol. The number of aryl methyl sites for hydroxylation is 2. The summed E-state index contributed by atoms with van der Waals surface area (Å²) in [7, 11) is 0. The highest BCUT2D eigenvalue weighted by atomic mass is 16.5. The van der Waals surface area contributed by atoms with Crippen LogP contribution in [0.15, 0.2) is 9.52 Å². The molecule has 0 bridgehead atoms. The van der Waals surface area contributed by atoms with E-state index in [1.54, 1.807) is 6.92 Å². The molecule has 0 fully saturated rings. The average Bonchev–Trinajstić information content (AvgIpc) is 2.98. The molecule has 0 spiro atoms. The van der Waals surface area contributed by atoms with Gasteiger partial charge in [-0.15, -0.1) is 0 Å². The van der Waals surface area contributed by atoms with Gasteiger partial charge in [0.25, 0.3) is 0 Å². The lowest BCUT2D eigenvalue weighted by molar-refractivity contribution is -0.130. The lowest BCUT2D eigenvalue weighted by Crippen LogP contribution is -2.40. The highest BCUT2D eigenvalue weighted by Crippen LogP contribution is 2.00. The number of aromatic nitrogens is 2. The van der Waals surface area contributed by atoms with Crippen molar-refractivity contribution in [1.29, 1.82) is 0 Å². The maximum atomic E-state index is 12.0. The molecule has 8 nitrogen and oxygen atoms in total.